The van der Waals surface area contributed by atoms with Gasteiger partial charge in [0.25, 0.3) is 0 Å². The molecule has 2 aliphatic rings. The van der Waals surface area contributed by atoms with Gasteiger partial charge in [-0.3, -0.25) is 14.4 Å². The average molecular weight is 241 g/mol. The Bertz CT molecular complexity index is 365. The molecule has 0 aromatic rings. The van der Waals surface area contributed by atoms with E-state index in [1.807, 2.05) is 0 Å². The maximum atomic E-state index is 11.7. The summed E-state index contributed by atoms with van der Waals surface area (Å²) in [7, 11) is 1.32. The SMILES string of the molecule is COC(=O)[C@@H]1CCN2C(=O)C[C@H](OC(C)=O)[C@H]12. The van der Waals surface area contributed by atoms with Gasteiger partial charge >= 0.3 is 11.9 Å². The van der Waals surface area contributed by atoms with Gasteiger partial charge < -0.3 is 14.4 Å². The minimum absolute atomic E-state index is 0.0624. The van der Waals surface area contributed by atoms with Crippen molar-refractivity contribution in [2.24, 2.45) is 5.92 Å². The van der Waals surface area contributed by atoms with E-state index in [1.54, 1.807) is 4.90 Å². The van der Waals surface area contributed by atoms with Gasteiger partial charge in [0.05, 0.1) is 25.5 Å². The molecule has 0 N–H and O–H groups in total. The number of hydrogen-bond donors (Lipinski definition) is 0. The number of methoxy groups -OCH3 is 1. The fourth-order valence-corrected chi connectivity index (χ4v) is 2.71. The van der Waals surface area contributed by atoms with Gasteiger partial charge in [-0.25, -0.2) is 0 Å². The van der Waals surface area contributed by atoms with Crippen molar-refractivity contribution in [2.75, 3.05) is 13.7 Å². The molecule has 2 aliphatic heterocycles. The van der Waals surface area contributed by atoms with Gasteiger partial charge in [0.2, 0.25) is 5.91 Å². The van der Waals surface area contributed by atoms with Crippen molar-refractivity contribution in [3.05, 3.63) is 0 Å². The third-order valence-electron chi connectivity index (χ3n) is 3.35. The van der Waals surface area contributed by atoms with Gasteiger partial charge in [-0.2, -0.15) is 0 Å². The first-order valence-corrected chi connectivity index (χ1v) is 5.59. The van der Waals surface area contributed by atoms with Crippen molar-refractivity contribution in [2.45, 2.75) is 31.9 Å². The number of esters is 2. The molecule has 6 heteroatoms. The molecule has 0 aromatic carbocycles. The third-order valence-corrected chi connectivity index (χ3v) is 3.35. The van der Waals surface area contributed by atoms with E-state index in [-0.39, 0.29) is 30.3 Å². The highest BCUT2D eigenvalue weighted by molar-refractivity contribution is 5.84. The molecule has 0 unspecified atom stereocenters. The molecule has 0 saturated carbocycles. The number of rotatable bonds is 2. The first-order chi connectivity index (χ1) is 8.04. The standard InChI is InChI=1S/C11H15NO5/c1-6(13)17-8-5-9(14)12-4-3-7(10(8)12)11(15)16-2/h7-8,10H,3-5H2,1-2H3/t7-,8+,10+/m1/s1. The topological polar surface area (TPSA) is 72.9 Å². The Hall–Kier alpha value is -1.59. The molecule has 2 heterocycles. The largest absolute Gasteiger partial charge is 0.469 e. The van der Waals surface area contributed by atoms with Crippen LogP contribution in [0.25, 0.3) is 0 Å². The molecular formula is C11H15NO5. The van der Waals surface area contributed by atoms with Crippen LogP contribution in [0, 0.1) is 5.92 Å². The van der Waals surface area contributed by atoms with E-state index in [0.29, 0.717) is 13.0 Å². The number of ether oxygens (including phenoxy) is 2. The number of fused-ring (bicyclic) bond motifs is 1. The summed E-state index contributed by atoms with van der Waals surface area (Å²) in [5.41, 5.74) is 0. The zero-order valence-corrected chi connectivity index (χ0v) is 9.84. The summed E-state index contributed by atoms with van der Waals surface area (Å²) in [6.45, 7) is 1.83. The summed E-state index contributed by atoms with van der Waals surface area (Å²) in [6.07, 6.45) is 0.213. The molecule has 6 nitrogen and oxygen atoms in total. The van der Waals surface area contributed by atoms with E-state index in [0.717, 1.165) is 0 Å². The Morgan fingerprint density at radius 1 is 1.41 bits per heavy atom. The van der Waals surface area contributed by atoms with Gasteiger partial charge in [-0.05, 0) is 6.42 Å². The van der Waals surface area contributed by atoms with Gasteiger partial charge in [0.1, 0.15) is 6.10 Å². The third kappa shape index (κ3) is 1.99. The fourth-order valence-electron chi connectivity index (χ4n) is 2.71. The van der Waals surface area contributed by atoms with Crippen LogP contribution in [0.5, 0.6) is 0 Å². The summed E-state index contributed by atoms with van der Waals surface area (Å²) in [6, 6.07) is -0.348. The highest BCUT2D eigenvalue weighted by Crippen LogP contribution is 2.36. The van der Waals surface area contributed by atoms with Crippen molar-refractivity contribution in [3.8, 4) is 0 Å². The Kier molecular flexibility index (Phi) is 3.04. The van der Waals surface area contributed by atoms with Crippen LogP contribution in [0.15, 0.2) is 0 Å². The first-order valence-electron chi connectivity index (χ1n) is 5.59. The summed E-state index contributed by atoms with van der Waals surface area (Å²) in [5.74, 6) is -1.21. The minimum atomic E-state index is -0.522. The van der Waals surface area contributed by atoms with Crippen LogP contribution >= 0.6 is 0 Å². The second kappa shape index (κ2) is 4.35. The summed E-state index contributed by atoms with van der Waals surface area (Å²) in [5, 5.41) is 0. The molecule has 0 spiro atoms. The summed E-state index contributed by atoms with van der Waals surface area (Å²) >= 11 is 0. The van der Waals surface area contributed by atoms with E-state index in [4.69, 9.17) is 9.47 Å². The molecule has 17 heavy (non-hydrogen) atoms. The average Bonchev–Trinajstić information content (AvgIpc) is 2.80. The van der Waals surface area contributed by atoms with Gasteiger partial charge in [-0.15, -0.1) is 0 Å². The monoisotopic (exact) mass is 241 g/mol. The molecule has 2 rings (SSSR count). The lowest BCUT2D eigenvalue weighted by molar-refractivity contribution is -0.153. The normalized spacial score (nSPS) is 31.3. The number of hydrogen-bond acceptors (Lipinski definition) is 5. The van der Waals surface area contributed by atoms with Crippen LogP contribution in [0.2, 0.25) is 0 Å². The molecule has 0 aliphatic carbocycles. The zero-order valence-electron chi connectivity index (χ0n) is 9.84. The van der Waals surface area contributed by atoms with Crippen LogP contribution in [0.3, 0.4) is 0 Å². The number of carbonyl (C=O) groups is 3. The Balaban J connectivity index is 2.17. The van der Waals surface area contributed by atoms with E-state index in [9.17, 15) is 14.4 Å². The van der Waals surface area contributed by atoms with Crippen LogP contribution in [-0.2, 0) is 23.9 Å². The smallest absolute Gasteiger partial charge is 0.310 e. The van der Waals surface area contributed by atoms with Gasteiger partial charge in [-0.1, -0.05) is 0 Å². The highest BCUT2D eigenvalue weighted by atomic mass is 16.5. The molecule has 1 amide bonds. The second-order valence-corrected chi connectivity index (χ2v) is 4.35. The van der Waals surface area contributed by atoms with E-state index < -0.39 is 12.1 Å². The van der Waals surface area contributed by atoms with Crippen LogP contribution in [0.4, 0.5) is 0 Å². The lowest BCUT2D eigenvalue weighted by atomic mass is 9.96. The van der Waals surface area contributed by atoms with Gasteiger partial charge in [0, 0.05) is 13.5 Å². The van der Waals surface area contributed by atoms with Crippen molar-refractivity contribution >= 4 is 17.8 Å². The molecule has 0 aromatic heterocycles. The number of carbonyl (C=O) groups excluding carboxylic acids is 3. The van der Waals surface area contributed by atoms with Gasteiger partial charge in [0.15, 0.2) is 0 Å². The lowest BCUT2D eigenvalue weighted by Crippen LogP contribution is -2.40. The quantitative estimate of drug-likeness (QED) is 0.621. The van der Waals surface area contributed by atoms with Crippen molar-refractivity contribution in [1.29, 1.82) is 0 Å². The summed E-state index contributed by atoms with van der Waals surface area (Å²) in [4.78, 5) is 35.9. The first kappa shape index (κ1) is 11.9. The Labute approximate surface area is 98.8 Å². The molecule has 0 bridgehead atoms. The molecule has 2 fully saturated rings. The molecule has 3 atom stereocenters. The lowest BCUT2D eigenvalue weighted by Gasteiger charge is -2.23. The molecule has 2 saturated heterocycles. The van der Waals surface area contributed by atoms with Crippen LogP contribution in [-0.4, -0.2) is 48.5 Å². The van der Waals surface area contributed by atoms with Crippen molar-refractivity contribution in [3.63, 3.8) is 0 Å². The maximum Gasteiger partial charge on any atom is 0.310 e. The van der Waals surface area contributed by atoms with E-state index in [2.05, 4.69) is 0 Å². The molecule has 94 valence electrons. The van der Waals surface area contributed by atoms with E-state index in [1.165, 1.54) is 14.0 Å². The predicted octanol–water partition coefficient (Wildman–Crippen LogP) is -0.288. The van der Waals surface area contributed by atoms with Crippen molar-refractivity contribution in [1.82, 2.24) is 4.90 Å². The minimum Gasteiger partial charge on any atom is -0.469 e. The Morgan fingerprint density at radius 2 is 2.12 bits per heavy atom. The van der Waals surface area contributed by atoms with E-state index >= 15 is 0 Å². The molecular weight excluding hydrogens is 226 g/mol. The highest BCUT2D eigenvalue weighted by Gasteiger charge is 2.52. The maximum absolute atomic E-state index is 11.7. The zero-order chi connectivity index (χ0) is 12.6. The van der Waals surface area contributed by atoms with Crippen molar-refractivity contribution < 1.29 is 23.9 Å². The van der Waals surface area contributed by atoms with Crippen LogP contribution < -0.4 is 0 Å². The van der Waals surface area contributed by atoms with Crippen LogP contribution in [0.1, 0.15) is 19.8 Å². The predicted molar refractivity (Wildman–Crippen MR) is 55.8 cm³/mol. The summed E-state index contributed by atoms with van der Waals surface area (Å²) < 4.78 is 9.82. The number of amides is 1. The fraction of sp³-hybridized carbons (Fsp3) is 0.727. The number of nitrogens with zero attached hydrogens (tertiary/aromatic N) is 1. The molecule has 0 radical (unpaired) electrons. The second-order valence-electron chi connectivity index (χ2n) is 4.35. The Morgan fingerprint density at radius 3 is 2.71 bits per heavy atom.